The van der Waals surface area contributed by atoms with Crippen molar-refractivity contribution in [1.29, 1.82) is 0 Å². The van der Waals surface area contributed by atoms with Crippen LogP contribution in [0.3, 0.4) is 0 Å². The van der Waals surface area contributed by atoms with Crippen LogP contribution >= 0.6 is 0 Å². The van der Waals surface area contributed by atoms with Crippen LogP contribution < -0.4 is 15.2 Å². The second-order valence-electron chi connectivity index (χ2n) is 6.27. The number of benzene rings is 2. The molecule has 0 unspecified atom stereocenters. The van der Waals surface area contributed by atoms with E-state index >= 15 is 0 Å². The highest BCUT2D eigenvalue weighted by molar-refractivity contribution is 7.89. The molecule has 0 heterocycles. The average Bonchev–Trinajstić information content (AvgIpc) is 2.47. The molecule has 7 nitrogen and oxygen atoms in total. The lowest BCUT2D eigenvalue weighted by Gasteiger charge is -2.19. The first-order chi connectivity index (χ1) is 11.5. The topological polar surface area (TPSA) is 108 Å². The van der Waals surface area contributed by atoms with E-state index in [9.17, 15) is 13.2 Å². The van der Waals surface area contributed by atoms with Crippen LogP contribution in [0.1, 0.15) is 20.8 Å². The summed E-state index contributed by atoms with van der Waals surface area (Å²) in [4.78, 5) is 11.7. The monoisotopic (exact) mass is 364 g/mol. The van der Waals surface area contributed by atoms with Gasteiger partial charge in [-0.15, -0.1) is 0 Å². The Bertz CT molecular complexity index is 838. The zero-order valence-electron chi connectivity index (χ0n) is 14.1. The Morgan fingerprint density at radius 3 is 1.88 bits per heavy atom. The Morgan fingerprint density at radius 1 is 0.960 bits per heavy atom. The summed E-state index contributed by atoms with van der Waals surface area (Å²) in [6.45, 7) is 5.35. The third kappa shape index (κ3) is 6.09. The Kier molecular flexibility index (Phi) is 5.34. The van der Waals surface area contributed by atoms with Crippen LogP contribution in [0.5, 0.6) is 11.5 Å². The molecule has 25 heavy (non-hydrogen) atoms. The maximum absolute atomic E-state index is 11.7. The van der Waals surface area contributed by atoms with E-state index in [0.29, 0.717) is 17.2 Å². The largest absolute Gasteiger partial charge is 0.457 e. The highest BCUT2D eigenvalue weighted by atomic mass is 32.2. The molecule has 2 aromatic carbocycles. The lowest BCUT2D eigenvalue weighted by molar-refractivity contribution is 0.0636. The molecule has 0 spiro atoms. The minimum absolute atomic E-state index is 0.0109. The van der Waals surface area contributed by atoms with Gasteiger partial charge in [-0.25, -0.2) is 18.4 Å². The van der Waals surface area contributed by atoms with Crippen LogP contribution in [0.25, 0.3) is 0 Å². The molecule has 0 saturated carbocycles. The number of amides is 1. The van der Waals surface area contributed by atoms with Gasteiger partial charge in [0.15, 0.2) is 0 Å². The van der Waals surface area contributed by atoms with Gasteiger partial charge in [-0.3, -0.25) is 5.32 Å². The maximum Gasteiger partial charge on any atom is 0.412 e. The summed E-state index contributed by atoms with van der Waals surface area (Å²) in [5, 5.41) is 7.66. The molecule has 0 aromatic heterocycles. The standard InChI is InChI=1S/C17H20N2O5S/c1-17(2,3)24-16(20)19-12-4-6-13(7-5-12)23-14-8-10-15(11-9-14)25(18,21)22/h4-11H,1-3H3,(H,19,20)(H2,18,21,22). The highest BCUT2D eigenvalue weighted by Gasteiger charge is 2.16. The number of hydrogen-bond donors (Lipinski definition) is 2. The fourth-order valence-electron chi connectivity index (χ4n) is 1.86. The van der Waals surface area contributed by atoms with Gasteiger partial charge < -0.3 is 9.47 Å². The number of rotatable bonds is 4. The van der Waals surface area contributed by atoms with Crippen LogP contribution in [0.2, 0.25) is 0 Å². The zero-order valence-corrected chi connectivity index (χ0v) is 15.0. The summed E-state index contributed by atoms with van der Waals surface area (Å²) in [6.07, 6.45) is -0.542. The molecule has 2 aromatic rings. The zero-order chi connectivity index (χ0) is 18.7. The molecular formula is C17H20N2O5S. The number of hydrogen-bond acceptors (Lipinski definition) is 5. The van der Waals surface area contributed by atoms with E-state index in [2.05, 4.69) is 5.32 Å². The molecule has 0 aliphatic carbocycles. The van der Waals surface area contributed by atoms with Gasteiger partial charge in [0.05, 0.1) is 4.90 Å². The van der Waals surface area contributed by atoms with Crippen LogP contribution in [0.15, 0.2) is 53.4 Å². The van der Waals surface area contributed by atoms with Crippen molar-refractivity contribution in [3.05, 3.63) is 48.5 Å². The fourth-order valence-corrected chi connectivity index (χ4v) is 2.38. The Morgan fingerprint density at radius 2 is 1.44 bits per heavy atom. The normalized spacial score (nSPS) is 11.7. The molecule has 0 bridgehead atoms. The number of nitrogens with two attached hydrogens (primary N) is 1. The lowest BCUT2D eigenvalue weighted by Crippen LogP contribution is -2.27. The number of carbonyl (C=O) groups excluding carboxylic acids is 1. The van der Waals surface area contributed by atoms with Crippen LogP contribution in [-0.4, -0.2) is 20.1 Å². The van der Waals surface area contributed by atoms with Gasteiger partial charge in [0.25, 0.3) is 0 Å². The number of primary sulfonamides is 1. The Balaban J connectivity index is 1.99. The third-order valence-electron chi connectivity index (χ3n) is 2.89. The summed E-state index contributed by atoms with van der Waals surface area (Å²) in [7, 11) is -3.73. The molecule has 8 heteroatoms. The van der Waals surface area contributed by atoms with Crippen molar-refractivity contribution in [2.24, 2.45) is 5.14 Å². The summed E-state index contributed by atoms with van der Waals surface area (Å²) in [5.41, 5.74) is -0.0118. The van der Waals surface area contributed by atoms with E-state index < -0.39 is 21.7 Å². The first kappa shape index (κ1) is 18.8. The van der Waals surface area contributed by atoms with Gasteiger partial charge in [-0.05, 0) is 69.3 Å². The number of anilines is 1. The van der Waals surface area contributed by atoms with Gasteiger partial charge in [-0.2, -0.15) is 0 Å². The number of carbonyl (C=O) groups is 1. The molecule has 1 amide bonds. The first-order valence-electron chi connectivity index (χ1n) is 7.44. The fraction of sp³-hybridized carbons (Fsp3) is 0.235. The minimum Gasteiger partial charge on any atom is -0.457 e. The number of ether oxygens (including phenoxy) is 2. The molecule has 3 N–H and O–H groups in total. The van der Waals surface area contributed by atoms with Crippen molar-refractivity contribution in [1.82, 2.24) is 0 Å². The van der Waals surface area contributed by atoms with Crippen LogP contribution in [0.4, 0.5) is 10.5 Å². The molecule has 2 rings (SSSR count). The highest BCUT2D eigenvalue weighted by Crippen LogP contribution is 2.24. The van der Waals surface area contributed by atoms with E-state index in [-0.39, 0.29) is 4.90 Å². The van der Waals surface area contributed by atoms with Crippen molar-refractivity contribution in [3.63, 3.8) is 0 Å². The minimum atomic E-state index is -3.73. The van der Waals surface area contributed by atoms with Crippen molar-refractivity contribution in [3.8, 4) is 11.5 Å². The number of nitrogens with one attached hydrogen (secondary N) is 1. The van der Waals surface area contributed by atoms with E-state index in [1.54, 1.807) is 45.0 Å². The van der Waals surface area contributed by atoms with Crippen molar-refractivity contribution >= 4 is 21.8 Å². The summed E-state index contributed by atoms with van der Waals surface area (Å²) in [5.74, 6) is 0.985. The summed E-state index contributed by atoms with van der Waals surface area (Å²) >= 11 is 0. The second-order valence-corrected chi connectivity index (χ2v) is 7.83. The molecule has 0 aliphatic rings. The molecule has 134 valence electrons. The van der Waals surface area contributed by atoms with E-state index in [4.69, 9.17) is 14.6 Å². The van der Waals surface area contributed by atoms with E-state index in [1.807, 2.05) is 0 Å². The third-order valence-corrected chi connectivity index (χ3v) is 3.82. The van der Waals surface area contributed by atoms with E-state index in [1.165, 1.54) is 24.3 Å². The molecular weight excluding hydrogens is 344 g/mol. The smallest absolute Gasteiger partial charge is 0.412 e. The maximum atomic E-state index is 11.7. The average molecular weight is 364 g/mol. The van der Waals surface area contributed by atoms with Crippen LogP contribution in [0, 0.1) is 0 Å². The number of sulfonamides is 1. The van der Waals surface area contributed by atoms with Gasteiger partial charge in [-0.1, -0.05) is 0 Å². The SMILES string of the molecule is CC(C)(C)OC(=O)Nc1ccc(Oc2ccc(S(N)(=O)=O)cc2)cc1. The quantitative estimate of drug-likeness (QED) is 0.863. The molecule has 0 radical (unpaired) electrons. The van der Waals surface area contributed by atoms with E-state index in [0.717, 1.165) is 0 Å². The first-order valence-corrected chi connectivity index (χ1v) is 8.98. The summed E-state index contributed by atoms with van der Waals surface area (Å²) in [6, 6.07) is 12.4. The molecule has 0 saturated heterocycles. The van der Waals surface area contributed by atoms with Gasteiger partial charge in [0.1, 0.15) is 17.1 Å². The Hall–Kier alpha value is -2.58. The van der Waals surface area contributed by atoms with Gasteiger partial charge in [0, 0.05) is 5.69 Å². The summed E-state index contributed by atoms with van der Waals surface area (Å²) < 4.78 is 33.2. The second kappa shape index (κ2) is 7.12. The van der Waals surface area contributed by atoms with Crippen molar-refractivity contribution in [2.75, 3.05) is 5.32 Å². The van der Waals surface area contributed by atoms with Crippen molar-refractivity contribution < 1.29 is 22.7 Å². The molecule has 0 fully saturated rings. The Labute approximate surface area is 146 Å². The van der Waals surface area contributed by atoms with Gasteiger partial charge in [0.2, 0.25) is 10.0 Å². The lowest BCUT2D eigenvalue weighted by atomic mass is 10.2. The van der Waals surface area contributed by atoms with Crippen LogP contribution in [-0.2, 0) is 14.8 Å². The predicted octanol–water partition coefficient (Wildman–Crippen LogP) is 3.47. The van der Waals surface area contributed by atoms with Gasteiger partial charge >= 0.3 is 6.09 Å². The predicted molar refractivity (Wildman–Crippen MR) is 94.2 cm³/mol. The molecule has 0 aliphatic heterocycles. The molecule has 0 atom stereocenters. The van der Waals surface area contributed by atoms with Crippen molar-refractivity contribution in [2.45, 2.75) is 31.3 Å².